The summed E-state index contributed by atoms with van der Waals surface area (Å²) in [4.78, 5) is 26.5. The van der Waals surface area contributed by atoms with Crippen LogP contribution in [0.15, 0.2) is 36.4 Å². The van der Waals surface area contributed by atoms with Crippen molar-refractivity contribution in [2.45, 2.75) is 6.54 Å². The summed E-state index contributed by atoms with van der Waals surface area (Å²) in [5, 5.41) is 2.18. The van der Waals surface area contributed by atoms with E-state index in [1.807, 2.05) is 18.2 Å². The van der Waals surface area contributed by atoms with Crippen LogP contribution in [0.1, 0.15) is 5.56 Å². The Bertz CT molecular complexity index is 893. The molecular formula is C20H23F3N3O3+. The number of likely N-dealkylation sites (N-methyl/N-ethyl adjacent to an activating group) is 2. The molecule has 0 aliphatic rings. The molecule has 1 unspecified atom stereocenters. The monoisotopic (exact) mass is 410 g/mol. The summed E-state index contributed by atoms with van der Waals surface area (Å²) in [5.74, 6) is -4.60. The van der Waals surface area contributed by atoms with E-state index in [0.29, 0.717) is 17.2 Å². The van der Waals surface area contributed by atoms with Gasteiger partial charge in [0.15, 0.2) is 30.5 Å². The lowest BCUT2D eigenvalue weighted by Crippen LogP contribution is -3.11. The Labute approximate surface area is 166 Å². The molecule has 156 valence electrons. The largest absolute Gasteiger partial charge is 0.497 e. The van der Waals surface area contributed by atoms with Crippen LogP contribution in [0.3, 0.4) is 0 Å². The van der Waals surface area contributed by atoms with E-state index < -0.39 is 29.0 Å². The molecule has 0 aliphatic carbocycles. The van der Waals surface area contributed by atoms with Gasteiger partial charge in [-0.2, -0.15) is 0 Å². The molecule has 0 aromatic heterocycles. The Morgan fingerprint density at radius 1 is 1.10 bits per heavy atom. The summed E-state index contributed by atoms with van der Waals surface area (Å²) >= 11 is 0. The highest BCUT2D eigenvalue weighted by Gasteiger charge is 2.20. The Morgan fingerprint density at radius 2 is 1.83 bits per heavy atom. The topological polar surface area (TPSA) is 63.1 Å². The number of ether oxygens (including phenoxy) is 1. The Morgan fingerprint density at radius 3 is 2.52 bits per heavy atom. The van der Waals surface area contributed by atoms with Gasteiger partial charge < -0.3 is 19.9 Å². The van der Waals surface area contributed by atoms with Crippen molar-refractivity contribution in [1.82, 2.24) is 4.90 Å². The third kappa shape index (κ3) is 6.21. The number of rotatable bonds is 8. The summed E-state index contributed by atoms with van der Waals surface area (Å²) in [6.07, 6.45) is 0. The molecule has 2 aromatic carbocycles. The summed E-state index contributed by atoms with van der Waals surface area (Å²) < 4.78 is 45.0. The Kier molecular flexibility index (Phi) is 7.60. The summed E-state index contributed by atoms with van der Waals surface area (Å²) in [6.45, 7) is 0.237. The van der Waals surface area contributed by atoms with Crippen molar-refractivity contribution in [3.63, 3.8) is 0 Å². The average molecular weight is 410 g/mol. The number of nitrogens with zero attached hydrogens (tertiary/aromatic N) is 1. The van der Waals surface area contributed by atoms with Gasteiger partial charge in [0.25, 0.3) is 11.8 Å². The van der Waals surface area contributed by atoms with Crippen LogP contribution in [0, 0.1) is 17.5 Å². The number of benzene rings is 2. The van der Waals surface area contributed by atoms with Gasteiger partial charge in [-0.15, -0.1) is 0 Å². The van der Waals surface area contributed by atoms with E-state index in [1.54, 1.807) is 27.3 Å². The van der Waals surface area contributed by atoms with Crippen LogP contribution in [-0.4, -0.2) is 51.0 Å². The van der Waals surface area contributed by atoms with Gasteiger partial charge in [0.05, 0.1) is 19.8 Å². The number of amides is 2. The van der Waals surface area contributed by atoms with Crippen molar-refractivity contribution < 1.29 is 32.4 Å². The minimum atomic E-state index is -1.65. The second kappa shape index (κ2) is 9.92. The molecule has 2 aromatic rings. The highest BCUT2D eigenvalue weighted by Crippen LogP contribution is 2.19. The van der Waals surface area contributed by atoms with Crippen LogP contribution in [0.25, 0.3) is 0 Å². The second-order valence-electron chi connectivity index (χ2n) is 6.68. The fourth-order valence-electron chi connectivity index (χ4n) is 2.68. The van der Waals surface area contributed by atoms with E-state index in [2.05, 4.69) is 5.32 Å². The lowest BCUT2D eigenvalue weighted by molar-refractivity contribution is -0.862. The van der Waals surface area contributed by atoms with Gasteiger partial charge in [0, 0.05) is 13.6 Å². The first kappa shape index (κ1) is 22.2. The van der Waals surface area contributed by atoms with Gasteiger partial charge in [-0.25, -0.2) is 13.2 Å². The van der Waals surface area contributed by atoms with Crippen molar-refractivity contribution in [1.29, 1.82) is 0 Å². The average Bonchev–Trinajstić information content (AvgIpc) is 2.68. The van der Waals surface area contributed by atoms with Crippen LogP contribution in [0.5, 0.6) is 5.75 Å². The van der Waals surface area contributed by atoms with E-state index in [-0.39, 0.29) is 19.0 Å². The van der Waals surface area contributed by atoms with Crippen molar-refractivity contribution in [2.75, 3.05) is 39.6 Å². The molecule has 0 saturated carbocycles. The maximum atomic E-state index is 13.6. The maximum absolute atomic E-state index is 13.6. The molecule has 1 atom stereocenters. The van der Waals surface area contributed by atoms with Gasteiger partial charge >= 0.3 is 0 Å². The number of quaternary nitrogens is 1. The molecule has 0 radical (unpaired) electrons. The number of methoxy groups -OCH3 is 1. The predicted molar refractivity (Wildman–Crippen MR) is 101 cm³/mol. The number of nitrogens with one attached hydrogen (secondary N) is 2. The molecule has 0 spiro atoms. The smallest absolute Gasteiger partial charge is 0.279 e. The first-order valence-corrected chi connectivity index (χ1v) is 8.82. The number of hydrogen-bond donors (Lipinski definition) is 2. The van der Waals surface area contributed by atoms with Crippen molar-refractivity contribution in [2.24, 2.45) is 0 Å². The van der Waals surface area contributed by atoms with Crippen LogP contribution >= 0.6 is 0 Å². The SMILES string of the molecule is COc1cccc(CN(C)C(=O)C[NH+](C)CC(=O)Nc2ccc(F)c(F)c2F)c1. The Hall–Kier alpha value is -3.07. The van der Waals surface area contributed by atoms with Crippen LogP contribution in [-0.2, 0) is 16.1 Å². The minimum Gasteiger partial charge on any atom is -0.497 e. The number of hydrogen-bond acceptors (Lipinski definition) is 3. The Balaban J connectivity index is 1.87. The maximum Gasteiger partial charge on any atom is 0.279 e. The first-order valence-electron chi connectivity index (χ1n) is 8.82. The predicted octanol–water partition coefficient (Wildman–Crippen LogP) is 1.22. The molecule has 29 heavy (non-hydrogen) atoms. The lowest BCUT2D eigenvalue weighted by Gasteiger charge is -2.20. The van der Waals surface area contributed by atoms with Crippen LogP contribution in [0.2, 0.25) is 0 Å². The van der Waals surface area contributed by atoms with Gasteiger partial charge in [-0.05, 0) is 29.8 Å². The van der Waals surface area contributed by atoms with E-state index in [0.717, 1.165) is 17.7 Å². The van der Waals surface area contributed by atoms with Gasteiger partial charge in [-0.3, -0.25) is 9.59 Å². The molecule has 2 N–H and O–H groups in total. The van der Waals surface area contributed by atoms with E-state index in [4.69, 9.17) is 4.74 Å². The third-order valence-electron chi connectivity index (χ3n) is 4.20. The number of carbonyl (C=O) groups excluding carboxylic acids is 2. The second-order valence-corrected chi connectivity index (χ2v) is 6.68. The standard InChI is InChI=1S/C20H22F3N3O3/c1-25(11-17(27)24-16-8-7-15(21)19(22)20(16)23)12-18(28)26(2)10-13-5-4-6-14(9-13)29-3/h4-9H,10-12H2,1-3H3,(H,24,27)/p+1. The normalized spacial score (nSPS) is 11.7. The molecule has 6 nitrogen and oxygen atoms in total. The zero-order valence-electron chi connectivity index (χ0n) is 16.4. The third-order valence-corrected chi connectivity index (χ3v) is 4.20. The van der Waals surface area contributed by atoms with Crippen LogP contribution in [0.4, 0.5) is 18.9 Å². The molecular weight excluding hydrogens is 387 g/mol. The van der Waals surface area contributed by atoms with Crippen molar-refractivity contribution in [3.8, 4) is 5.75 Å². The fraction of sp³-hybridized carbons (Fsp3) is 0.300. The zero-order valence-corrected chi connectivity index (χ0v) is 16.4. The molecule has 0 bridgehead atoms. The summed E-state index contributed by atoms with van der Waals surface area (Å²) in [5.41, 5.74) is 0.438. The highest BCUT2D eigenvalue weighted by molar-refractivity contribution is 5.91. The molecule has 9 heteroatoms. The fourth-order valence-corrected chi connectivity index (χ4v) is 2.68. The molecule has 0 fully saturated rings. The van der Waals surface area contributed by atoms with E-state index in [9.17, 15) is 22.8 Å². The number of anilines is 1. The van der Waals surface area contributed by atoms with Gasteiger partial charge in [0.2, 0.25) is 0 Å². The summed E-state index contributed by atoms with van der Waals surface area (Å²) in [7, 11) is 4.83. The zero-order chi connectivity index (χ0) is 21.6. The highest BCUT2D eigenvalue weighted by atomic mass is 19.2. The van der Waals surface area contributed by atoms with Gasteiger partial charge in [-0.1, -0.05) is 12.1 Å². The molecule has 2 rings (SSSR count). The molecule has 2 amide bonds. The quantitative estimate of drug-likeness (QED) is 0.644. The number of halogens is 3. The lowest BCUT2D eigenvalue weighted by atomic mass is 10.2. The summed E-state index contributed by atoms with van der Waals surface area (Å²) in [6, 6.07) is 8.98. The molecule has 0 heterocycles. The minimum absolute atomic E-state index is 0.0220. The molecule has 0 aliphatic heterocycles. The number of carbonyl (C=O) groups is 2. The van der Waals surface area contributed by atoms with Gasteiger partial charge in [0.1, 0.15) is 5.75 Å². The van der Waals surface area contributed by atoms with Crippen molar-refractivity contribution >= 4 is 17.5 Å². The van der Waals surface area contributed by atoms with E-state index >= 15 is 0 Å². The van der Waals surface area contributed by atoms with Crippen LogP contribution < -0.4 is 15.0 Å². The first-order chi connectivity index (χ1) is 13.7. The van der Waals surface area contributed by atoms with Crippen molar-refractivity contribution in [3.05, 3.63) is 59.4 Å². The van der Waals surface area contributed by atoms with E-state index in [1.165, 1.54) is 4.90 Å². The molecule has 0 saturated heterocycles.